The number of nitrogens with one attached hydrogen (secondary N) is 3. The number of urea groups is 1. The summed E-state index contributed by atoms with van der Waals surface area (Å²) in [5.74, 6) is 0. The predicted octanol–water partition coefficient (Wildman–Crippen LogP) is 1.11. The molecule has 0 bridgehead atoms. The fraction of sp³-hybridized carbons (Fsp3) is 0.412. The number of aromatic amines is 1. The molecule has 1 aromatic heterocycles. The number of rotatable bonds is 6. The molecule has 1 aliphatic heterocycles. The van der Waals surface area contributed by atoms with Crippen LogP contribution in [0.25, 0.3) is 0 Å². The standard InChI is InChI=1S/C17H23N5O2/c23-17(18-10-15-6-7-20-21-15)19-11-16-13-22(8-9-24-16)12-14-4-2-1-3-5-14/h1-7,16H,8-13H2,(H,20,21)(H2,18,19,23)/t16-/m0/s1. The topological polar surface area (TPSA) is 82.3 Å². The van der Waals surface area contributed by atoms with E-state index in [9.17, 15) is 4.79 Å². The van der Waals surface area contributed by atoms with E-state index in [4.69, 9.17) is 4.74 Å². The van der Waals surface area contributed by atoms with Crippen LogP contribution < -0.4 is 10.6 Å². The van der Waals surface area contributed by atoms with Crippen molar-refractivity contribution in [3.8, 4) is 0 Å². The number of carbonyl (C=O) groups is 1. The summed E-state index contributed by atoms with van der Waals surface area (Å²) in [4.78, 5) is 14.2. The first-order valence-electron chi connectivity index (χ1n) is 8.17. The van der Waals surface area contributed by atoms with Gasteiger partial charge in [-0.1, -0.05) is 30.3 Å². The molecule has 2 heterocycles. The monoisotopic (exact) mass is 329 g/mol. The molecule has 2 amide bonds. The summed E-state index contributed by atoms with van der Waals surface area (Å²) in [6.45, 7) is 4.26. The molecular weight excluding hydrogens is 306 g/mol. The SMILES string of the molecule is O=C(NCc1ccn[nH]1)NC[C@H]1CN(Cc2ccccc2)CCO1. The van der Waals surface area contributed by atoms with E-state index >= 15 is 0 Å². The number of benzene rings is 1. The Morgan fingerprint density at radius 3 is 2.96 bits per heavy atom. The second-order valence-electron chi connectivity index (χ2n) is 5.86. The first-order valence-corrected chi connectivity index (χ1v) is 8.17. The van der Waals surface area contributed by atoms with Gasteiger partial charge < -0.3 is 15.4 Å². The van der Waals surface area contributed by atoms with Crippen molar-refractivity contribution < 1.29 is 9.53 Å². The zero-order chi connectivity index (χ0) is 16.6. The third-order valence-corrected chi connectivity index (χ3v) is 3.96. The van der Waals surface area contributed by atoms with Crippen molar-refractivity contribution in [2.75, 3.05) is 26.2 Å². The number of ether oxygens (including phenoxy) is 1. The van der Waals surface area contributed by atoms with Crippen LogP contribution in [0.2, 0.25) is 0 Å². The molecule has 128 valence electrons. The van der Waals surface area contributed by atoms with Crippen LogP contribution in [0.4, 0.5) is 4.79 Å². The Bertz CT molecular complexity index is 617. The van der Waals surface area contributed by atoms with Crippen molar-refractivity contribution in [1.82, 2.24) is 25.7 Å². The van der Waals surface area contributed by atoms with E-state index in [2.05, 4.69) is 50.0 Å². The second-order valence-corrected chi connectivity index (χ2v) is 5.86. The molecule has 1 atom stereocenters. The Morgan fingerprint density at radius 2 is 2.17 bits per heavy atom. The van der Waals surface area contributed by atoms with E-state index in [0.717, 1.165) is 25.3 Å². The van der Waals surface area contributed by atoms with Gasteiger partial charge in [-0.15, -0.1) is 0 Å². The Hall–Kier alpha value is -2.38. The van der Waals surface area contributed by atoms with Gasteiger partial charge in [0.25, 0.3) is 0 Å². The molecule has 1 aromatic carbocycles. The van der Waals surface area contributed by atoms with Crippen LogP contribution in [-0.4, -0.2) is 53.5 Å². The van der Waals surface area contributed by atoms with E-state index in [1.165, 1.54) is 5.56 Å². The van der Waals surface area contributed by atoms with E-state index in [1.54, 1.807) is 6.20 Å². The molecule has 3 N–H and O–H groups in total. The van der Waals surface area contributed by atoms with Crippen molar-refractivity contribution in [2.24, 2.45) is 0 Å². The zero-order valence-corrected chi connectivity index (χ0v) is 13.6. The number of carbonyl (C=O) groups excluding carboxylic acids is 1. The highest BCUT2D eigenvalue weighted by Gasteiger charge is 2.20. The van der Waals surface area contributed by atoms with Crippen LogP contribution >= 0.6 is 0 Å². The Morgan fingerprint density at radius 1 is 1.29 bits per heavy atom. The minimum Gasteiger partial charge on any atom is -0.374 e. The Balaban J connectivity index is 1.38. The number of H-pyrrole nitrogens is 1. The summed E-state index contributed by atoms with van der Waals surface area (Å²) >= 11 is 0. The first kappa shape index (κ1) is 16.5. The zero-order valence-electron chi connectivity index (χ0n) is 13.6. The van der Waals surface area contributed by atoms with Gasteiger partial charge in [0.1, 0.15) is 0 Å². The maximum Gasteiger partial charge on any atom is 0.315 e. The maximum absolute atomic E-state index is 11.8. The lowest BCUT2D eigenvalue weighted by atomic mass is 10.2. The van der Waals surface area contributed by atoms with Crippen molar-refractivity contribution in [3.63, 3.8) is 0 Å². The smallest absolute Gasteiger partial charge is 0.315 e. The molecule has 1 fully saturated rings. The number of aromatic nitrogens is 2. The molecule has 1 saturated heterocycles. The molecular formula is C17H23N5O2. The van der Waals surface area contributed by atoms with Crippen molar-refractivity contribution in [2.45, 2.75) is 19.2 Å². The molecule has 7 heteroatoms. The minimum absolute atomic E-state index is 0.0142. The fourth-order valence-corrected chi connectivity index (χ4v) is 2.72. The van der Waals surface area contributed by atoms with E-state index in [1.807, 2.05) is 12.1 Å². The molecule has 1 aliphatic rings. The van der Waals surface area contributed by atoms with Gasteiger partial charge in [-0.3, -0.25) is 10.00 Å². The summed E-state index contributed by atoms with van der Waals surface area (Å²) in [6.07, 6.45) is 1.67. The molecule has 0 unspecified atom stereocenters. The second kappa shape index (κ2) is 8.47. The summed E-state index contributed by atoms with van der Waals surface area (Å²) in [5, 5.41) is 12.3. The number of amides is 2. The quantitative estimate of drug-likeness (QED) is 0.741. The van der Waals surface area contributed by atoms with E-state index in [0.29, 0.717) is 19.7 Å². The predicted molar refractivity (Wildman–Crippen MR) is 90.3 cm³/mol. The van der Waals surface area contributed by atoms with Gasteiger partial charge in [0.15, 0.2) is 0 Å². The average molecular weight is 329 g/mol. The van der Waals surface area contributed by atoms with Crippen molar-refractivity contribution in [3.05, 3.63) is 53.9 Å². The normalized spacial score (nSPS) is 18.2. The van der Waals surface area contributed by atoms with Crippen LogP contribution in [0.1, 0.15) is 11.3 Å². The number of hydrogen-bond acceptors (Lipinski definition) is 4. The lowest BCUT2D eigenvalue weighted by Gasteiger charge is -2.33. The third kappa shape index (κ3) is 5.07. The van der Waals surface area contributed by atoms with Gasteiger partial charge in [0.2, 0.25) is 0 Å². The summed E-state index contributed by atoms with van der Waals surface area (Å²) in [6, 6.07) is 12.0. The van der Waals surface area contributed by atoms with Crippen LogP contribution in [0, 0.1) is 0 Å². The van der Waals surface area contributed by atoms with Gasteiger partial charge >= 0.3 is 6.03 Å². The number of nitrogens with zero attached hydrogens (tertiary/aromatic N) is 2. The van der Waals surface area contributed by atoms with Crippen LogP contribution in [0.3, 0.4) is 0 Å². The lowest BCUT2D eigenvalue weighted by molar-refractivity contribution is -0.0287. The van der Waals surface area contributed by atoms with Gasteiger partial charge in [0, 0.05) is 32.4 Å². The fourth-order valence-electron chi connectivity index (χ4n) is 2.72. The Kier molecular flexibility index (Phi) is 5.81. The first-order chi connectivity index (χ1) is 11.8. The molecule has 0 radical (unpaired) electrons. The summed E-state index contributed by atoms with van der Waals surface area (Å²) in [7, 11) is 0. The molecule has 0 aliphatic carbocycles. The minimum atomic E-state index is -0.201. The Labute approximate surface area is 141 Å². The highest BCUT2D eigenvalue weighted by atomic mass is 16.5. The van der Waals surface area contributed by atoms with E-state index < -0.39 is 0 Å². The summed E-state index contributed by atoms with van der Waals surface area (Å²) in [5.41, 5.74) is 2.16. The largest absolute Gasteiger partial charge is 0.374 e. The van der Waals surface area contributed by atoms with Gasteiger partial charge in [-0.05, 0) is 11.6 Å². The van der Waals surface area contributed by atoms with Gasteiger partial charge in [-0.25, -0.2) is 4.79 Å². The summed E-state index contributed by atoms with van der Waals surface area (Å²) < 4.78 is 5.75. The molecule has 7 nitrogen and oxygen atoms in total. The maximum atomic E-state index is 11.8. The molecule has 0 spiro atoms. The van der Waals surface area contributed by atoms with Crippen molar-refractivity contribution >= 4 is 6.03 Å². The van der Waals surface area contributed by atoms with Crippen LogP contribution in [-0.2, 0) is 17.8 Å². The number of morpholine rings is 1. The van der Waals surface area contributed by atoms with E-state index in [-0.39, 0.29) is 12.1 Å². The molecule has 3 rings (SSSR count). The molecule has 0 saturated carbocycles. The lowest BCUT2D eigenvalue weighted by Crippen LogP contribution is -2.48. The van der Waals surface area contributed by atoms with Crippen molar-refractivity contribution in [1.29, 1.82) is 0 Å². The average Bonchev–Trinajstić information content (AvgIpc) is 3.13. The third-order valence-electron chi connectivity index (χ3n) is 3.96. The van der Waals surface area contributed by atoms with Crippen LogP contribution in [0.5, 0.6) is 0 Å². The highest BCUT2D eigenvalue weighted by molar-refractivity contribution is 5.73. The van der Waals surface area contributed by atoms with Gasteiger partial charge in [-0.2, -0.15) is 5.10 Å². The highest BCUT2D eigenvalue weighted by Crippen LogP contribution is 2.10. The molecule has 24 heavy (non-hydrogen) atoms. The molecule has 2 aromatic rings. The number of hydrogen-bond donors (Lipinski definition) is 3. The van der Waals surface area contributed by atoms with Gasteiger partial charge in [0.05, 0.1) is 24.9 Å². The van der Waals surface area contributed by atoms with Crippen LogP contribution in [0.15, 0.2) is 42.6 Å².